The number of H-pyrrole nitrogens is 1. The van der Waals surface area contributed by atoms with Crippen LogP contribution in [-0.2, 0) is 9.47 Å². The van der Waals surface area contributed by atoms with Crippen molar-refractivity contribution in [3.05, 3.63) is 34.1 Å². The number of aromatic amines is 1. The van der Waals surface area contributed by atoms with Crippen LogP contribution in [0, 0.1) is 10.1 Å². The second kappa shape index (κ2) is 6.32. The summed E-state index contributed by atoms with van der Waals surface area (Å²) in [6, 6.07) is 4.42. The van der Waals surface area contributed by atoms with E-state index < -0.39 is 22.7 Å². The van der Waals surface area contributed by atoms with Gasteiger partial charge < -0.3 is 19.4 Å². The minimum absolute atomic E-state index is 0.0114. The van der Waals surface area contributed by atoms with Gasteiger partial charge in [0, 0.05) is 18.7 Å². The average Bonchev–Trinajstić information content (AvgIpc) is 2.96. The molecule has 2 heterocycles. The number of nitrogens with zero attached hydrogens (tertiary/aromatic N) is 3. The molecule has 9 nitrogen and oxygen atoms in total. The SMILES string of the molecule is CC(C)(C)OC(=O)N1CCOC(c2nc3ccc([N+](=O)[O-])cc3[nH]2)C1. The van der Waals surface area contributed by atoms with Gasteiger partial charge in [0.15, 0.2) is 0 Å². The third-order valence-electron chi connectivity index (χ3n) is 3.72. The van der Waals surface area contributed by atoms with Crippen molar-refractivity contribution in [2.24, 2.45) is 0 Å². The molecule has 25 heavy (non-hydrogen) atoms. The molecule has 1 atom stereocenters. The summed E-state index contributed by atoms with van der Waals surface area (Å²) in [6.07, 6.45) is -0.833. The zero-order valence-corrected chi connectivity index (χ0v) is 14.3. The Balaban J connectivity index is 1.78. The molecule has 1 saturated heterocycles. The highest BCUT2D eigenvalue weighted by molar-refractivity contribution is 5.78. The number of aromatic nitrogens is 2. The normalized spacial score (nSPS) is 18.4. The van der Waals surface area contributed by atoms with Crippen LogP contribution in [0.2, 0.25) is 0 Å². The number of nitrogens with one attached hydrogen (secondary N) is 1. The number of hydrogen-bond acceptors (Lipinski definition) is 6. The van der Waals surface area contributed by atoms with Crippen molar-refractivity contribution in [1.82, 2.24) is 14.9 Å². The van der Waals surface area contributed by atoms with Gasteiger partial charge in [-0.05, 0) is 26.8 Å². The summed E-state index contributed by atoms with van der Waals surface area (Å²) >= 11 is 0. The predicted octanol–water partition coefficient (Wildman–Crippen LogP) is 2.78. The van der Waals surface area contributed by atoms with Crippen molar-refractivity contribution in [2.45, 2.75) is 32.5 Å². The quantitative estimate of drug-likeness (QED) is 0.660. The molecule has 1 aliphatic rings. The Morgan fingerprint density at radius 2 is 2.24 bits per heavy atom. The lowest BCUT2D eigenvalue weighted by Gasteiger charge is -2.33. The molecule has 0 bridgehead atoms. The molecule has 1 unspecified atom stereocenters. The lowest BCUT2D eigenvalue weighted by Crippen LogP contribution is -2.44. The number of hydrogen-bond donors (Lipinski definition) is 1. The van der Waals surface area contributed by atoms with Crippen molar-refractivity contribution < 1.29 is 19.2 Å². The first-order chi connectivity index (χ1) is 11.7. The standard InChI is InChI=1S/C16H20N4O5/c1-16(2,3)25-15(21)19-6-7-24-13(9-19)14-17-11-5-4-10(20(22)23)8-12(11)18-14/h4-5,8,13H,6-7,9H2,1-3H3,(H,17,18). The number of benzene rings is 1. The van der Waals surface area contributed by atoms with E-state index in [1.165, 1.54) is 12.1 Å². The molecular formula is C16H20N4O5. The monoisotopic (exact) mass is 348 g/mol. The number of imidazole rings is 1. The molecule has 0 aliphatic carbocycles. The number of morpholine rings is 1. The van der Waals surface area contributed by atoms with E-state index in [2.05, 4.69) is 9.97 Å². The maximum atomic E-state index is 12.2. The molecule has 9 heteroatoms. The summed E-state index contributed by atoms with van der Waals surface area (Å²) in [5, 5.41) is 10.9. The molecule has 1 aliphatic heterocycles. The molecule has 0 spiro atoms. The van der Waals surface area contributed by atoms with Crippen LogP contribution in [0.15, 0.2) is 18.2 Å². The van der Waals surface area contributed by atoms with Crippen LogP contribution in [0.25, 0.3) is 11.0 Å². The van der Waals surface area contributed by atoms with Gasteiger partial charge in [0.25, 0.3) is 5.69 Å². The molecule has 1 amide bonds. The Bertz CT molecular complexity index is 810. The van der Waals surface area contributed by atoms with E-state index >= 15 is 0 Å². The van der Waals surface area contributed by atoms with Crippen molar-refractivity contribution in [3.8, 4) is 0 Å². The first-order valence-corrected chi connectivity index (χ1v) is 7.96. The predicted molar refractivity (Wildman–Crippen MR) is 89.2 cm³/mol. The van der Waals surface area contributed by atoms with Crippen LogP contribution in [0.3, 0.4) is 0 Å². The zero-order valence-electron chi connectivity index (χ0n) is 14.3. The van der Waals surface area contributed by atoms with Crippen molar-refractivity contribution in [2.75, 3.05) is 19.7 Å². The smallest absolute Gasteiger partial charge is 0.410 e. The van der Waals surface area contributed by atoms with Crippen molar-refractivity contribution in [3.63, 3.8) is 0 Å². The van der Waals surface area contributed by atoms with Gasteiger partial charge in [0.1, 0.15) is 17.5 Å². The van der Waals surface area contributed by atoms with Gasteiger partial charge in [0.2, 0.25) is 0 Å². The van der Waals surface area contributed by atoms with Gasteiger partial charge in [-0.2, -0.15) is 0 Å². The lowest BCUT2D eigenvalue weighted by molar-refractivity contribution is -0.384. The molecule has 1 fully saturated rings. The number of ether oxygens (including phenoxy) is 2. The van der Waals surface area contributed by atoms with E-state index in [9.17, 15) is 14.9 Å². The number of nitro groups is 1. The Morgan fingerprint density at radius 1 is 1.48 bits per heavy atom. The minimum atomic E-state index is -0.566. The molecule has 2 aromatic rings. The lowest BCUT2D eigenvalue weighted by atomic mass is 10.2. The van der Waals surface area contributed by atoms with Crippen LogP contribution < -0.4 is 0 Å². The largest absolute Gasteiger partial charge is 0.444 e. The van der Waals surface area contributed by atoms with E-state index in [0.717, 1.165) is 0 Å². The number of non-ortho nitro benzene ring substituents is 1. The molecule has 1 aromatic carbocycles. The highest BCUT2D eigenvalue weighted by Gasteiger charge is 2.30. The van der Waals surface area contributed by atoms with Gasteiger partial charge in [-0.15, -0.1) is 0 Å². The van der Waals surface area contributed by atoms with Gasteiger partial charge >= 0.3 is 6.09 Å². The Morgan fingerprint density at radius 3 is 2.92 bits per heavy atom. The Labute approximate surface area is 144 Å². The third-order valence-corrected chi connectivity index (χ3v) is 3.72. The van der Waals surface area contributed by atoms with E-state index in [1.54, 1.807) is 11.0 Å². The van der Waals surface area contributed by atoms with Gasteiger partial charge in [-0.25, -0.2) is 9.78 Å². The first-order valence-electron chi connectivity index (χ1n) is 7.96. The van der Waals surface area contributed by atoms with Crippen LogP contribution in [0.5, 0.6) is 0 Å². The van der Waals surface area contributed by atoms with Gasteiger partial charge in [-0.3, -0.25) is 10.1 Å². The third kappa shape index (κ3) is 3.87. The maximum Gasteiger partial charge on any atom is 0.410 e. The number of rotatable bonds is 2. The zero-order chi connectivity index (χ0) is 18.2. The van der Waals surface area contributed by atoms with E-state index in [1.807, 2.05) is 20.8 Å². The summed E-state index contributed by atoms with van der Waals surface area (Å²) in [5.74, 6) is 0.531. The number of carbonyl (C=O) groups excluding carboxylic acids is 1. The summed E-state index contributed by atoms with van der Waals surface area (Å²) in [7, 11) is 0. The van der Waals surface area contributed by atoms with Crippen molar-refractivity contribution >= 4 is 22.8 Å². The second-order valence-corrected chi connectivity index (χ2v) is 6.87. The highest BCUT2D eigenvalue weighted by Crippen LogP contribution is 2.25. The molecule has 0 radical (unpaired) electrons. The maximum absolute atomic E-state index is 12.2. The fraction of sp³-hybridized carbons (Fsp3) is 0.500. The molecular weight excluding hydrogens is 328 g/mol. The Kier molecular flexibility index (Phi) is 4.34. The van der Waals surface area contributed by atoms with Crippen LogP contribution >= 0.6 is 0 Å². The number of carbonyl (C=O) groups is 1. The highest BCUT2D eigenvalue weighted by atomic mass is 16.6. The molecule has 3 rings (SSSR count). The Hall–Kier alpha value is -2.68. The van der Waals surface area contributed by atoms with Gasteiger partial charge in [-0.1, -0.05) is 0 Å². The summed E-state index contributed by atoms with van der Waals surface area (Å²) in [6.45, 7) is 6.55. The van der Waals surface area contributed by atoms with E-state index in [0.29, 0.717) is 36.6 Å². The summed E-state index contributed by atoms with van der Waals surface area (Å²) < 4.78 is 11.1. The molecule has 1 N–H and O–H groups in total. The summed E-state index contributed by atoms with van der Waals surface area (Å²) in [4.78, 5) is 31.7. The van der Waals surface area contributed by atoms with E-state index in [-0.39, 0.29) is 5.69 Å². The van der Waals surface area contributed by atoms with Crippen LogP contribution in [0.4, 0.5) is 10.5 Å². The summed E-state index contributed by atoms with van der Waals surface area (Å²) in [5.41, 5.74) is 0.590. The molecule has 134 valence electrons. The van der Waals surface area contributed by atoms with E-state index in [4.69, 9.17) is 9.47 Å². The van der Waals surface area contributed by atoms with Crippen molar-refractivity contribution in [1.29, 1.82) is 0 Å². The minimum Gasteiger partial charge on any atom is -0.444 e. The fourth-order valence-electron chi connectivity index (χ4n) is 2.59. The number of nitro benzene ring substituents is 1. The molecule has 1 aromatic heterocycles. The first kappa shape index (κ1) is 17.2. The number of amides is 1. The van der Waals surface area contributed by atoms with Gasteiger partial charge in [0.05, 0.1) is 29.1 Å². The van der Waals surface area contributed by atoms with Crippen LogP contribution in [0.1, 0.15) is 32.7 Å². The second-order valence-electron chi connectivity index (χ2n) is 6.87. The molecule has 0 saturated carbocycles. The van der Waals surface area contributed by atoms with Crippen LogP contribution in [-0.4, -0.2) is 51.2 Å². The number of fused-ring (bicyclic) bond motifs is 1. The fourth-order valence-corrected chi connectivity index (χ4v) is 2.59. The topological polar surface area (TPSA) is 111 Å². The average molecular weight is 348 g/mol.